The first-order valence-electron chi connectivity index (χ1n) is 7.37. The summed E-state index contributed by atoms with van der Waals surface area (Å²) in [4.78, 5) is 2.55. The Bertz CT molecular complexity index is 383. The van der Waals surface area contributed by atoms with Crippen molar-refractivity contribution in [2.75, 3.05) is 19.6 Å². The molecule has 0 amide bonds. The van der Waals surface area contributed by atoms with E-state index in [0.717, 1.165) is 19.0 Å². The van der Waals surface area contributed by atoms with Gasteiger partial charge < -0.3 is 5.32 Å². The second-order valence-electron chi connectivity index (χ2n) is 6.87. The molecule has 0 atom stereocenters. The Kier molecular flexibility index (Phi) is 4.63. The number of piperidine rings is 1. The van der Waals surface area contributed by atoms with Crippen molar-refractivity contribution in [3.05, 3.63) is 18.0 Å². The molecular formula is C15H28N4. The molecule has 0 spiro atoms. The third-order valence-electron chi connectivity index (χ3n) is 3.79. The Balaban J connectivity index is 1.70. The molecule has 0 aromatic carbocycles. The van der Waals surface area contributed by atoms with E-state index in [1.807, 2.05) is 17.9 Å². The zero-order valence-corrected chi connectivity index (χ0v) is 12.8. The molecular weight excluding hydrogens is 236 g/mol. The first kappa shape index (κ1) is 14.5. The highest BCUT2D eigenvalue weighted by atomic mass is 15.2. The quantitative estimate of drug-likeness (QED) is 0.903. The second kappa shape index (κ2) is 6.06. The number of likely N-dealkylation sites (tertiary alicyclic amines) is 1. The molecule has 0 unspecified atom stereocenters. The minimum atomic E-state index is 0.243. The van der Waals surface area contributed by atoms with E-state index in [-0.39, 0.29) is 5.54 Å². The molecule has 1 aliphatic heterocycles. The summed E-state index contributed by atoms with van der Waals surface area (Å²) >= 11 is 0. The maximum absolute atomic E-state index is 4.23. The molecule has 108 valence electrons. The van der Waals surface area contributed by atoms with Crippen LogP contribution in [0.2, 0.25) is 0 Å². The van der Waals surface area contributed by atoms with E-state index >= 15 is 0 Å². The fourth-order valence-electron chi connectivity index (χ4n) is 2.61. The number of nitrogens with zero attached hydrogens (tertiary/aromatic N) is 3. The van der Waals surface area contributed by atoms with Crippen molar-refractivity contribution in [3.63, 3.8) is 0 Å². The fraction of sp³-hybridized carbons (Fsp3) is 0.800. The summed E-state index contributed by atoms with van der Waals surface area (Å²) in [5.74, 6) is 0.837. The summed E-state index contributed by atoms with van der Waals surface area (Å²) in [5, 5.41) is 7.86. The summed E-state index contributed by atoms with van der Waals surface area (Å²) in [6.45, 7) is 11.4. The van der Waals surface area contributed by atoms with Gasteiger partial charge >= 0.3 is 0 Å². The molecule has 2 heterocycles. The molecule has 1 saturated heterocycles. The number of nitrogens with one attached hydrogen (secondary N) is 1. The van der Waals surface area contributed by atoms with E-state index in [0.29, 0.717) is 0 Å². The van der Waals surface area contributed by atoms with Crippen molar-refractivity contribution in [1.82, 2.24) is 20.0 Å². The van der Waals surface area contributed by atoms with E-state index in [1.165, 1.54) is 31.5 Å². The van der Waals surface area contributed by atoms with Gasteiger partial charge in [0.2, 0.25) is 0 Å². The molecule has 1 N–H and O–H groups in total. The van der Waals surface area contributed by atoms with E-state index < -0.39 is 0 Å². The third-order valence-corrected chi connectivity index (χ3v) is 3.79. The minimum absolute atomic E-state index is 0.243. The van der Waals surface area contributed by atoms with Crippen molar-refractivity contribution >= 4 is 0 Å². The molecule has 1 aromatic rings. The lowest BCUT2D eigenvalue weighted by molar-refractivity contribution is 0.170. The smallest absolute Gasteiger partial charge is 0.0534 e. The van der Waals surface area contributed by atoms with Crippen LogP contribution in [0.25, 0.3) is 0 Å². The van der Waals surface area contributed by atoms with Crippen LogP contribution in [0.5, 0.6) is 0 Å². The van der Waals surface area contributed by atoms with Gasteiger partial charge in [-0.25, -0.2) is 0 Å². The van der Waals surface area contributed by atoms with Gasteiger partial charge in [-0.2, -0.15) is 5.10 Å². The largest absolute Gasteiger partial charge is 0.312 e. The second-order valence-corrected chi connectivity index (χ2v) is 6.87. The van der Waals surface area contributed by atoms with Crippen molar-refractivity contribution in [2.24, 2.45) is 13.0 Å². The van der Waals surface area contributed by atoms with Crippen LogP contribution in [0, 0.1) is 5.92 Å². The molecule has 4 nitrogen and oxygen atoms in total. The zero-order valence-electron chi connectivity index (χ0n) is 12.8. The van der Waals surface area contributed by atoms with E-state index in [9.17, 15) is 0 Å². The average Bonchev–Trinajstić information content (AvgIpc) is 2.73. The molecule has 2 rings (SSSR count). The molecule has 0 radical (unpaired) electrons. The predicted molar refractivity (Wildman–Crippen MR) is 79.0 cm³/mol. The lowest BCUT2D eigenvalue weighted by atomic mass is 9.95. The third kappa shape index (κ3) is 4.96. The van der Waals surface area contributed by atoms with E-state index in [4.69, 9.17) is 0 Å². The Hall–Kier alpha value is -0.870. The van der Waals surface area contributed by atoms with Gasteiger partial charge in [0.25, 0.3) is 0 Å². The van der Waals surface area contributed by atoms with Crippen molar-refractivity contribution in [3.8, 4) is 0 Å². The van der Waals surface area contributed by atoms with Crippen LogP contribution in [0.4, 0.5) is 0 Å². The highest BCUT2D eigenvalue weighted by Gasteiger charge is 2.21. The van der Waals surface area contributed by atoms with Gasteiger partial charge in [-0.1, -0.05) is 0 Å². The maximum atomic E-state index is 4.23. The van der Waals surface area contributed by atoms with Gasteiger partial charge in [0.05, 0.1) is 6.20 Å². The molecule has 19 heavy (non-hydrogen) atoms. The van der Waals surface area contributed by atoms with Gasteiger partial charge in [0.15, 0.2) is 0 Å². The van der Waals surface area contributed by atoms with Crippen LogP contribution in [0.3, 0.4) is 0 Å². The number of hydrogen-bond donors (Lipinski definition) is 1. The zero-order chi connectivity index (χ0) is 13.9. The number of rotatable bonds is 4. The van der Waals surface area contributed by atoms with Crippen LogP contribution < -0.4 is 5.32 Å². The summed E-state index contributed by atoms with van der Waals surface area (Å²) in [7, 11) is 1.98. The maximum Gasteiger partial charge on any atom is 0.0534 e. The predicted octanol–water partition coefficient (Wildman–Crippen LogP) is 2.02. The highest BCUT2D eigenvalue weighted by molar-refractivity contribution is 5.03. The van der Waals surface area contributed by atoms with Crippen LogP contribution >= 0.6 is 0 Å². The Morgan fingerprint density at radius 2 is 2.00 bits per heavy atom. The average molecular weight is 264 g/mol. The highest BCUT2D eigenvalue weighted by Crippen LogP contribution is 2.19. The fourth-order valence-corrected chi connectivity index (χ4v) is 2.61. The molecule has 1 aliphatic rings. The van der Waals surface area contributed by atoms with Gasteiger partial charge in [0.1, 0.15) is 0 Å². The van der Waals surface area contributed by atoms with Crippen LogP contribution in [-0.4, -0.2) is 39.9 Å². The standard InChI is InChI=1S/C15H28N4/c1-15(2,3)16-9-13-5-7-19(8-6-13)12-14-10-17-18(4)11-14/h10-11,13,16H,5-9,12H2,1-4H3. The number of aryl methyl sites for hydroxylation is 1. The van der Waals surface area contributed by atoms with Crippen LogP contribution in [0.1, 0.15) is 39.2 Å². The lowest BCUT2D eigenvalue weighted by Crippen LogP contribution is -2.42. The molecule has 0 bridgehead atoms. The van der Waals surface area contributed by atoms with Crippen molar-refractivity contribution in [1.29, 1.82) is 0 Å². The topological polar surface area (TPSA) is 33.1 Å². The molecule has 4 heteroatoms. The molecule has 0 aliphatic carbocycles. The first-order valence-corrected chi connectivity index (χ1v) is 7.37. The monoisotopic (exact) mass is 264 g/mol. The van der Waals surface area contributed by atoms with Crippen molar-refractivity contribution < 1.29 is 0 Å². The first-order chi connectivity index (χ1) is 8.92. The Morgan fingerprint density at radius 3 is 2.53 bits per heavy atom. The normalized spacial score (nSPS) is 18.9. The Morgan fingerprint density at radius 1 is 1.32 bits per heavy atom. The van der Waals surface area contributed by atoms with Crippen LogP contribution in [-0.2, 0) is 13.6 Å². The van der Waals surface area contributed by atoms with Crippen molar-refractivity contribution in [2.45, 2.75) is 45.7 Å². The molecule has 0 saturated carbocycles. The van der Waals surface area contributed by atoms with E-state index in [2.05, 4.69) is 42.3 Å². The molecule has 1 fully saturated rings. The molecule has 1 aromatic heterocycles. The summed E-state index contributed by atoms with van der Waals surface area (Å²) in [5.41, 5.74) is 1.57. The minimum Gasteiger partial charge on any atom is -0.312 e. The van der Waals surface area contributed by atoms with Gasteiger partial charge in [-0.05, 0) is 59.2 Å². The van der Waals surface area contributed by atoms with Gasteiger partial charge in [-0.15, -0.1) is 0 Å². The summed E-state index contributed by atoms with van der Waals surface area (Å²) in [6.07, 6.45) is 6.72. The Labute approximate surface area is 117 Å². The summed E-state index contributed by atoms with van der Waals surface area (Å²) < 4.78 is 1.88. The van der Waals surface area contributed by atoms with Crippen LogP contribution in [0.15, 0.2) is 12.4 Å². The van der Waals surface area contributed by atoms with E-state index in [1.54, 1.807) is 0 Å². The summed E-state index contributed by atoms with van der Waals surface area (Å²) in [6, 6.07) is 0. The number of hydrogen-bond acceptors (Lipinski definition) is 3. The number of aromatic nitrogens is 2. The van der Waals surface area contributed by atoms with Gasteiger partial charge in [-0.3, -0.25) is 9.58 Å². The lowest BCUT2D eigenvalue weighted by Gasteiger charge is -2.33. The van der Waals surface area contributed by atoms with Gasteiger partial charge in [0, 0.05) is 30.9 Å². The SMILES string of the molecule is Cn1cc(CN2CCC(CNC(C)(C)C)CC2)cn1.